The molecule has 3 heterocycles. The highest BCUT2D eigenvalue weighted by Crippen LogP contribution is 2.54. The first-order chi connectivity index (χ1) is 14.4. The monoisotopic (exact) mass is 417 g/mol. The molecule has 0 amide bonds. The number of benzene rings is 1. The largest absolute Gasteiger partial charge is 0.493 e. The highest BCUT2D eigenvalue weighted by Gasteiger charge is 2.49. The van der Waals surface area contributed by atoms with E-state index in [9.17, 15) is 4.79 Å². The van der Waals surface area contributed by atoms with Crippen LogP contribution in [-0.2, 0) is 9.53 Å². The van der Waals surface area contributed by atoms with Crippen LogP contribution in [0.1, 0.15) is 64.0 Å². The minimum atomic E-state index is -0.702. The highest BCUT2D eigenvalue weighted by molar-refractivity contribution is 5.66. The van der Waals surface area contributed by atoms with Crippen molar-refractivity contribution in [1.82, 2.24) is 4.90 Å². The predicted octanol–water partition coefficient (Wildman–Crippen LogP) is 4.28. The normalized spacial score (nSPS) is 28.8. The van der Waals surface area contributed by atoms with Crippen molar-refractivity contribution in [2.45, 2.75) is 70.2 Å². The van der Waals surface area contributed by atoms with Crippen molar-refractivity contribution in [2.75, 3.05) is 26.7 Å². The van der Waals surface area contributed by atoms with E-state index in [1.54, 1.807) is 7.11 Å². The lowest BCUT2D eigenvalue weighted by Gasteiger charge is -2.50. The van der Waals surface area contributed by atoms with E-state index in [4.69, 9.17) is 19.3 Å². The summed E-state index contributed by atoms with van der Waals surface area (Å²) in [5.41, 5.74) is 0.833. The fourth-order valence-corrected chi connectivity index (χ4v) is 5.56. The maximum absolute atomic E-state index is 10.7. The summed E-state index contributed by atoms with van der Waals surface area (Å²) in [5, 5.41) is 8.84. The van der Waals surface area contributed by atoms with Gasteiger partial charge in [0, 0.05) is 17.9 Å². The molecule has 0 unspecified atom stereocenters. The van der Waals surface area contributed by atoms with Crippen LogP contribution in [0.4, 0.5) is 0 Å². The van der Waals surface area contributed by atoms with Gasteiger partial charge in [-0.05, 0) is 77.6 Å². The number of para-hydroxylation sites is 1. The van der Waals surface area contributed by atoms with Gasteiger partial charge in [-0.2, -0.15) is 0 Å². The Balaban J connectivity index is 1.42. The van der Waals surface area contributed by atoms with Crippen LogP contribution in [0, 0.1) is 11.8 Å². The first-order valence-corrected chi connectivity index (χ1v) is 11.3. The summed E-state index contributed by atoms with van der Waals surface area (Å²) < 4.78 is 18.8. The molecule has 30 heavy (non-hydrogen) atoms. The Morgan fingerprint density at radius 2 is 2.00 bits per heavy atom. The number of methoxy groups -OCH3 is 1. The Morgan fingerprint density at radius 3 is 2.70 bits per heavy atom. The van der Waals surface area contributed by atoms with E-state index in [-0.39, 0.29) is 24.2 Å². The third kappa shape index (κ3) is 4.30. The van der Waals surface area contributed by atoms with Crippen LogP contribution in [0.2, 0.25) is 0 Å². The molecule has 1 aromatic rings. The number of carbonyl (C=O) groups is 1. The lowest BCUT2D eigenvalue weighted by Crippen LogP contribution is -2.50. The predicted molar refractivity (Wildman–Crippen MR) is 114 cm³/mol. The van der Waals surface area contributed by atoms with Gasteiger partial charge in [0.05, 0.1) is 19.3 Å². The van der Waals surface area contributed by atoms with E-state index in [0.29, 0.717) is 11.8 Å². The van der Waals surface area contributed by atoms with Crippen molar-refractivity contribution in [1.29, 1.82) is 0 Å². The van der Waals surface area contributed by atoms with Crippen molar-refractivity contribution in [2.24, 2.45) is 11.8 Å². The first-order valence-electron chi connectivity index (χ1n) is 11.3. The topological polar surface area (TPSA) is 68.2 Å². The Morgan fingerprint density at radius 1 is 1.23 bits per heavy atom. The standard InChI is InChI=1S/C24H35NO5/c1-24(2)18-9-10-19(16-11-14-25(15-12-16)13-5-8-21(26)27)29-22(18)17-6-4-7-20(28-3)23(17)30-24/h4,6-7,16,18-19,22H,5,8-15H2,1-3H3,(H,26,27)/t18-,19+,22+/m0/s1. The number of likely N-dealkylation sites (tertiary alicyclic amines) is 1. The van der Waals surface area contributed by atoms with E-state index < -0.39 is 5.97 Å². The molecule has 0 aliphatic carbocycles. The summed E-state index contributed by atoms with van der Waals surface area (Å²) in [5.74, 6) is 1.82. The fraction of sp³-hybridized carbons (Fsp3) is 0.708. The molecule has 0 aromatic heterocycles. The minimum absolute atomic E-state index is 0.0474. The van der Waals surface area contributed by atoms with Crippen LogP contribution >= 0.6 is 0 Å². The van der Waals surface area contributed by atoms with Gasteiger partial charge in [0.15, 0.2) is 11.5 Å². The van der Waals surface area contributed by atoms with Crippen LogP contribution in [0.15, 0.2) is 18.2 Å². The molecule has 1 aromatic carbocycles. The maximum Gasteiger partial charge on any atom is 0.303 e. The number of hydrogen-bond donors (Lipinski definition) is 1. The molecule has 2 fully saturated rings. The molecule has 3 aliphatic heterocycles. The lowest BCUT2D eigenvalue weighted by atomic mass is 9.73. The zero-order chi connectivity index (χ0) is 21.3. The molecule has 3 aliphatic rings. The average Bonchev–Trinajstić information content (AvgIpc) is 2.73. The van der Waals surface area contributed by atoms with Gasteiger partial charge in [0.1, 0.15) is 5.60 Å². The third-order valence-electron chi connectivity index (χ3n) is 7.27. The van der Waals surface area contributed by atoms with Crippen LogP contribution < -0.4 is 9.47 Å². The quantitative estimate of drug-likeness (QED) is 0.745. The molecule has 6 nitrogen and oxygen atoms in total. The van der Waals surface area contributed by atoms with Gasteiger partial charge in [-0.15, -0.1) is 0 Å². The highest BCUT2D eigenvalue weighted by atomic mass is 16.5. The maximum atomic E-state index is 10.7. The number of piperidine rings is 1. The number of aliphatic carboxylic acids is 1. The molecule has 2 saturated heterocycles. The molecule has 3 atom stereocenters. The summed E-state index contributed by atoms with van der Waals surface area (Å²) in [4.78, 5) is 13.1. The van der Waals surface area contributed by atoms with Crippen molar-refractivity contribution >= 4 is 5.97 Å². The number of hydrogen-bond acceptors (Lipinski definition) is 5. The van der Waals surface area contributed by atoms with Crippen molar-refractivity contribution in [3.05, 3.63) is 23.8 Å². The molecule has 0 spiro atoms. The van der Waals surface area contributed by atoms with Crippen molar-refractivity contribution < 1.29 is 24.1 Å². The molecule has 0 radical (unpaired) electrons. The van der Waals surface area contributed by atoms with E-state index in [1.807, 2.05) is 12.1 Å². The van der Waals surface area contributed by atoms with Gasteiger partial charge in [-0.3, -0.25) is 4.79 Å². The van der Waals surface area contributed by atoms with E-state index in [1.165, 1.54) is 0 Å². The number of nitrogens with zero attached hydrogens (tertiary/aromatic N) is 1. The SMILES string of the molecule is COc1cccc2c1OC(C)(C)[C@H]1CC[C@H](C3CCN(CCCC(=O)O)CC3)O[C@H]21. The lowest BCUT2D eigenvalue weighted by molar-refractivity contribution is -0.168. The zero-order valence-corrected chi connectivity index (χ0v) is 18.4. The van der Waals surface area contributed by atoms with Crippen LogP contribution in [0.25, 0.3) is 0 Å². The van der Waals surface area contributed by atoms with Gasteiger partial charge in [-0.25, -0.2) is 0 Å². The minimum Gasteiger partial charge on any atom is -0.493 e. The van der Waals surface area contributed by atoms with Gasteiger partial charge >= 0.3 is 5.97 Å². The fourth-order valence-electron chi connectivity index (χ4n) is 5.56. The summed E-state index contributed by atoms with van der Waals surface area (Å²) >= 11 is 0. The third-order valence-corrected chi connectivity index (χ3v) is 7.27. The number of fused-ring (bicyclic) bond motifs is 3. The Bertz CT molecular complexity index is 756. The molecule has 166 valence electrons. The molecule has 0 bridgehead atoms. The second-order valence-electron chi connectivity index (χ2n) is 9.54. The van der Waals surface area contributed by atoms with Crippen molar-refractivity contribution in [3.63, 3.8) is 0 Å². The zero-order valence-electron chi connectivity index (χ0n) is 18.4. The summed E-state index contributed by atoms with van der Waals surface area (Å²) in [7, 11) is 1.69. The van der Waals surface area contributed by atoms with Crippen LogP contribution in [-0.4, -0.2) is 54.4 Å². The molecular weight excluding hydrogens is 382 g/mol. The first kappa shape index (κ1) is 21.4. The smallest absolute Gasteiger partial charge is 0.303 e. The Labute approximate surface area is 179 Å². The van der Waals surface area contributed by atoms with Gasteiger partial charge < -0.3 is 24.2 Å². The molecule has 6 heteroatoms. The summed E-state index contributed by atoms with van der Waals surface area (Å²) in [6, 6.07) is 6.10. The van der Waals surface area contributed by atoms with Crippen molar-refractivity contribution in [3.8, 4) is 11.5 Å². The van der Waals surface area contributed by atoms with Crippen LogP contribution in [0.3, 0.4) is 0 Å². The van der Waals surface area contributed by atoms with E-state index in [2.05, 4.69) is 24.8 Å². The second-order valence-corrected chi connectivity index (χ2v) is 9.54. The molecule has 0 saturated carbocycles. The Hall–Kier alpha value is -1.79. The van der Waals surface area contributed by atoms with Gasteiger partial charge in [0.25, 0.3) is 0 Å². The summed E-state index contributed by atoms with van der Waals surface area (Å²) in [6.07, 6.45) is 5.76. The average molecular weight is 418 g/mol. The second kappa shape index (κ2) is 8.75. The number of carboxylic acids is 1. The van der Waals surface area contributed by atoms with E-state index >= 15 is 0 Å². The number of rotatable bonds is 6. The van der Waals surface area contributed by atoms with Crippen LogP contribution in [0.5, 0.6) is 11.5 Å². The Kier molecular flexibility index (Phi) is 6.26. The molecular formula is C24H35NO5. The number of carboxylic acid groups (broad SMARTS) is 1. The summed E-state index contributed by atoms with van der Waals surface area (Å²) in [6.45, 7) is 7.29. The molecule has 4 rings (SSSR count). The number of ether oxygens (including phenoxy) is 3. The molecule has 1 N–H and O–H groups in total. The van der Waals surface area contributed by atoms with Gasteiger partial charge in [-0.1, -0.05) is 12.1 Å². The van der Waals surface area contributed by atoms with Gasteiger partial charge in [0.2, 0.25) is 0 Å². The van der Waals surface area contributed by atoms with E-state index in [0.717, 1.165) is 68.8 Å².